The van der Waals surface area contributed by atoms with Crippen molar-refractivity contribution in [3.63, 3.8) is 0 Å². The van der Waals surface area contributed by atoms with Crippen molar-refractivity contribution in [2.75, 3.05) is 6.61 Å². The molecular weight excluding hydrogens is 304 g/mol. The largest absolute Gasteiger partial charge is 0.378 e. The van der Waals surface area contributed by atoms with Crippen LogP contribution in [0.25, 0.3) is 0 Å². The van der Waals surface area contributed by atoms with Gasteiger partial charge >= 0.3 is 0 Å². The fraction of sp³-hybridized carbons (Fsp3) is 0.600. The molecule has 1 saturated heterocycles. The predicted molar refractivity (Wildman–Crippen MR) is 81.8 cm³/mol. The molecule has 3 nitrogen and oxygen atoms in total. The molecule has 1 aliphatic rings. The minimum atomic E-state index is 0.319. The van der Waals surface area contributed by atoms with Crippen LogP contribution in [0.4, 0.5) is 0 Å². The molecule has 0 radical (unpaired) electrons. The van der Waals surface area contributed by atoms with Crippen LogP contribution in [0.5, 0.6) is 0 Å². The highest BCUT2D eigenvalue weighted by Crippen LogP contribution is 2.19. The molecule has 3 N–H and O–H groups in total. The SMILES string of the molecule is NNC(CCC1CCCCO1)Cc1cccc(Br)c1. The van der Waals surface area contributed by atoms with E-state index in [1.54, 1.807) is 0 Å². The van der Waals surface area contributed by atoms with Crippen molar-refractivity contribution in [2.24, 2.45) is 5.84 Å². The molecule has 0 saturated carbocycles. The summed E-state index contributed by atoms with van der Waals surface area (Å²) in [6, 6.07) is 8.73. The Kier molecular flexibility index (Phi) is 6.31. The number of ether oxygens (including phenoxy) is 1. The maximum absolute atomic E-state index is 5.77. The number of halogens is 1. The standard InChI is InChI=1S/C15H23BrN2O/c16-13-5-3-4-12(10-13)11-14(18-17)7-8-15-6-1-2-9-19-15/h3-5,10,14-15,18H,1-2,6-9,11,17H2. The van der Waals surface area contributed by atoms with Crippen LogP contribution in [0.1, 0.15) is 37.7 Å². The summed E-state index contributed by atoms with van der Waals surface area (Å²) in [5.74, 6) is 5.67. The Morgan fingerprint density at radius 2 is 2.32 bits per heavy atom. The van der Waals surface area contributed by atoms with E-state index in [9.17, 15) is 0 Å². The summed E-state index contributed by atoms with van der Waals surface area (Å²) in [5.41, 5.74) is 4.25. The van der Waals surface area contributed by atoms with Crippen molar-refractivity contribution in [1.29, 1.82) is 0 Å². The molecule has 0 amide bonds. The van der Waals surface area contributed by atoms with E-state index in [0.717, 1.165) is 30.3 Å². The first-order valence-electron chi connectivity index (χ1n) is 7.10. The molecule has 1 aromatic rings. The van der Waals surface area contributed by atoms with Gasteiger partial charge in [0.15, 0.2) is 0 Å². The number of benzene rings is 1. The number of nitrogens with two attached hydrogens (primary N) is 1. The number of nitrogens with one attached hydrogen (secondary N) is 1. The van der Waals surface area contributed by atoms with Crippen LogP contribution < -0.4 is 11.3 Å². The third-order valence-corrected chi connectivity index (χ3v) is 4.21. The molecule has 1 fully saturated rings. The molecule has 1 aromatic carbocycles. The van der Waals surface area contributed by atoms with Crippen molar-refractivity contribution in [2.45, 2.75) is 50.7 Å². The lowest BCUT2D eigenvalue weighted by Crippen LogP contribution is -2.37. The average molecular weight is 327 g/mol. The smallest absolute Gasteiger partial charge is 0.0575 e. The molecule has 4 heteroatoms. The molecular formula is C15H23BrN2O. The van der Waals surface area contributed by atoms with Crippen molar-refractivity contribution in [3.8, 4) is 0 Å². The summed E-state index contributed by atoms with van der Waals surface area (Å²) in [5, 5.41) is 0. The van der Waals surface area contributed by atoms with E-state index in [1.807, 2.05) is 6.07 Å². The summed E-state index contributed by atoms with van der Waals surface area (Å²) >= 11 is 3.50. The van der Waals surface area contributed by atoms with Crippen LogP contribution >= 0.6 is 15.9 Å². The lowest BCUT2D eigenvalue weighted by Gasteiger charge is -2.24. The highest BCUT2D eigenvalue weighted by molar-refractivity contribution is 9.10. The maximum Gasteiger partial charge on any atom is 0.0575 e. The van der Waals surface area contributed by atoms with Gasteiger partial charge in [-0.15, -0.1) is 0 Å². The first kappa shape index (κ1) is 15.0. The fourth-order valence-electron chi connectivity index (χ4n) is 2.61. The van der Waals surface area contributed by atoms with Gasteiger partial charge in [-0.25, -0.2) is 0 Å². The molecule has 2 rings (SSSR count). The minimum Gasteiger partial charge on any atom is -0.378 e. The Labute approximate surface area is 124 Å². The monoisotopic (exact) mass is 326 g/mol. The number of hydrazine groups is 1. The van der Waals surface area contributed by atoms with Gasteiger partial charge in [0.2, 0.25) is 0 Å². The van der Waals surface area contributed by atoms with Crippen LogP contribution in [0.3, 0.4) is 0 Å². The summed E-state index contributed by atoms with van der Waals surface area (Å²) in [7, 11) is 0. The van der Waals surface area contributed by atoms with Gasteiger partial charge in [-0.05, 0) is 56.2 Å². The topological polar surface area (TPSA) is 47.3 Å². The summed E-state index contributed by atoms with van der Waals surface area (Å²) in [4.78, 5) is 0. The minimum absolute atomic E-state index is 0.319. The van der Waals surface area contributed by atoms with Crippen LogP contribution in [-0.2, 0) is 11.2 Å². The van der Waals surface area contributed by atoms with E-state index in [0.29, 0.717) is 12.1 Å². The van der Waals surface area contributed by atoms with E-state index in [1.165, 1.54) is 24.8 Å². The van der Waals surface area contributed by atoms with Gasteiger partial charge in [0.1, 0.15) is 0 Å². The van der Waals surface area contributed by atoms with Gasteiger partial charge < -0.3 is 4.74 Å². The predicted octanol–water partition coefficient (Wildman–Crippen LogP) is 3.17. The number of hydrogen-bond donors (Lipinski definition) is 2. The highest BCUT2D eigenvalue weighted by Gasteiger charge is 2.16. The first-order valence-corrected chi connectivity index (χ1v) is 7.89. The zero-order valence-electron chi connectivity index (χ0n) is 11.3. The van der Waals surface area contributed by atoms with Gasteiger partial charge in [-0.3, -0.25) is 11.3 Å². The summed E-state index contributed by atoms with van der Waals surface area (Å²) < 4.78 is 6.89. The van der Waals surface area contributed by atoms with E-state index in [4.69, 9.17) is 10.6 Å². The molecule has 2 atom stereocenters. The van der Waals surface area contributed by atoms with E-state index < -0.39 is 0 Å². The molecule has 106 valence electrons. The second kappa shape index (κ2) is 8.00. The molecule has 2 unspecified atom stereocenters. The van der Waals surface area contributed by atoms with Crippen molar-refractivity contribution in [1.82, 2.24) is 5.43 Å². The zero-order valence-corrected chi connectivity index (χ0v) is 12.9. The van der Waals surface area contributed by atoms with Gasteiger partial charge in [0.25, 0.3) is 0 Å². The Balaban J connectivity index is 1.79. The van der Waals surface area contributed by atoms with Gasteiger partial charge in [0.05, 0.1) is 6.10 Å². The van der Waals surface area contributed by atoms with Crippen molar-refractivity contribution < 1.29 is 4.74 Å². The molecule has 0 spiro atoms. The molecule has 1 heterocycles. The van der Waals surface area contributed by atoms with E-state index >= 15 is 0 Å². The molecule has 0 aromatic heterocycles. The Hall–Kier alpha value is -0.420. The molecule has 19 heavy (non-hydrogen) atoms. The molecule has 0 aliphatic carbocycles. The number of rotatable bonds is 6. The zero-order chi connectivity index (χ0) is 13.5. The molecule has 0 bridgehead atoms. The van der Waals surface area contributed by atoms with Gasteiger partial charge in [-0.2, -0.15) is 0 Å². The van der Waals surface area contributed by atoms with Crippen LogP contribution in [0, 0.1) is 0 Å². The normalized spacial score (nSPS) is 21.3. The highest BCUT2D eigenvalue weighted by atomic mass is 79.9. The number of hydrogen-bond acceptors (Lipinski definition) is 3. The van der Waals surface area contributed by atoms with Crippen LogP contribution in [0.15, 0.2) is 28.7 Å². The van der Waals surface area contributed by atoms with Crippen LogP contribution in [-0.4, -0.2) is 18.8 Å². The second-order valence-corrected chi connectivity index (χ2v) is 6.18. The average Bonchev–Trinajstić information content (AvgIpc) is 2.44. The van der Waals surface area contributed by atoms with Gasteiger partial charge in [0, 0.05) is 17.1 Å². The Bertz CT molecular complexity index is 380. The van der Waals surface area contributed by atoms with Crippen molar-refractivity contribution >= 4 is 15.9 Å². The van der Waals surface area contributed by atoms with E-state index in [2.05, 4.69) is 39.6 Å². The summed E-state index contributed by atoms with van der Waals surface area (Å²) in [6.07, 6.45) is 7.28. The Morgan fingerprint density at radius 3 is 3.00 bits per heavy atom. The maximum atomic E-state index is 5.77. The quantitative estimate of drug-likeness (QED) is 0.623. The lowest BCUT2D eigenvalue weighted by molar-refractivity contribution is 0.00858. The first-order chi connectivity index (χ1) is 9.28. The fourth-order valence-corrected chi connectivity index (χ4v) is 3.06. The second-order valence-electron chi connectivity index (χ2n) is 5.26. The van der Waals surface area contributed by atoms with E-state index in [-0.39, 0.29) is 0 Å². The third kappa shape index (κ3) is 5.22. The Morgan fingerprint density at radius 1 is 1.42 bits per heavy atom. The third-order valence-electron chi connectivity index (χ3n) is 3.72. The van der Waals surface area contributed by atoms with Crippen molar-refractivity contribution in [3.05, 3.63) is 34.3 Å². The lowest BCUT2D eigenvalue weighted by atomic mass is 9.98. The summed E-state index contributed by atoms with van der Waals surface area (Å²) in [6.45, 7) is 0.928. The van der Waals surface area contributed by atoms with Gasteiger partial charge in [-0.1, -0.05) is 28.1 Å². The van der Waals surface area contributed by atoms with Crippen LogP contribution in [0.2, 0.25) is 0 Å². The molecule has 1 aliphatic heterocycles.